The van der Waals surface area contributed by atoms with Crippen molar-refractivity contribution in [2.24, 2.45) is 0 Å². The first kappa shape index (κ1) is 18.2. The zero-order valence-corrected chi connectivity index (χ0v) is 15.8. The van der Waals surface area contributed by atoms with Crippen LogP contribution in [0, 0.1) is 6.92 Å². The number of benzene rings is 2. The number of aromatic nitrogens is 1. The quantitative estimate of drug-likeness (QED) is 0.757. The van der Waals surface area contributed by atoms with Crippen molar-refractivity contribution in [2.45, 2.75) is 25.2 Å². The molecule has 5 nitrogen and oxygen atoms in total. The van der Waals surface area contributed by atoms with E-state index in [9.17, 15) is 14.7 Å². The van der Waals surface area contributed by atoms with Gasteiger partial charge < -0.3 is 10.0 Å². The Hall–Kier alpha value is -3.21. The number of likely N-dealkylation sites (tertiary alicyclic amines) is 1. The zero-order valence-electron chi connectivity index (χ0n) is 15.8. The SMILES string of the molecule is Cc1ccc2cccc(C(=O)N3CCC(C(=O)O)(c4ccccc4)CC3)c2n1. The Bertz CT molecular complexity index is 1040. The maximum absolute atomic E-state index is 13.2. The summed E-state index contributed by atoms with van der Waals surface area (Å²) >= 11 is 0. The van der Waals surface area contributed by atoms with Crippen LogP contribution in [0.3, 0.4) is 0 Å². The normalized spacial score (nSPS) is 16.1. The molecule has 1 aliphatic rings. The number of para-hydroxylation sites is 1. The van der Waals surface area contributed by atoms with Crippen LogP contribution in [0.15, 0.2) is 60.7 Å². The number of amides is 1. The summed E-state index contributed by atoms with van der Waals surface area (Å²) in [4.78, 5) is 31.6. The highest BCUT2D eigenvalue weighted by molar-refractivity contribution is 6.05. The molecular formula is C23H22N2O3. The van der Waals surface area contributed by atoms with E-state index in [0.29, 0.717) is 37.0 Å². The van der Waals surface area contributed by atoms with Crippen LogP contribution >= 0.6 is 0 Å². The number of carbonyl (C=O) groups excluding carboxylic acids is 1. The topological polar surface area (TPSA) is 70.5 Å². The molecule has 1 aromatic heterocycles. The van der Waals surface area contributed by atoms with Gasteiger partial charge in [0.1, 0.15) is 0 Å². The average Bonchev–Trinajstić information content (AvgIpc) is 2.73. The smallest absolute Gasteiger partial charge is 0.314 e. The molecule has 1 fully saturated rings. The molecule has 1 aliphatic heterocycles. The number of nitrogens with zero attached hydrogens (tertiary/aromatic N) is 2. The second-order valence-electron chi connectivity index (χ2n) is 7.38. The van der Waals surface area contributed by atoms with Crippen molar-refractivity contribution in [3.8, 4) is 0 Å². The Morgan fingerprint density at radius 3 is 2.36 bits per heavy atom. The van der Waals surface area contributed by atoms with E-state index in [1.807, 2.05) is 61.5 Å². The van der Waals surface area contributed by atoms with Gasteiger partial charge in [-0.25, -0.2) is 0 Å². The highest BCUT2D eigenvalue weighted by Gasteiger charge is 2.44. The monoisotopic (exact) mass is 374 g/mol. The summed E-state index contributed by atoms with van der Waals surface area (Å²) in [5.74, 6) is -0.913. The number of pyridine rings is 1. The lowest BCUT2D eigenvalue weighted by Crippen LogP contribution is -2.49. The molecule has 1 amide bonds. The Morgan fingerprint density at radius 1 is 0.964 bits per heavy atom. The van der Waals surface area contributed by atoms with E-state index in [1.165, 1.54) is 0 Å². The summed E-state index contributed by atoms with van der Waals surface area (Å²) in [6, 6.07) is 18.8. The second kappa shape index (κ2) is 7.08. The average molecular weight is 374 g/mol. The maximum Gasteiger partial charge on any atom is 0.314 e. The Morgan fingerprint density at radius 2 is 1.68 bits per heavy atom. The molecule has 0 radical (unpaired) electrons. The second-order valence-corrected chi connectivity index (χ2v) is 7.38. The van der Waals surface area contributed by atoms with E-state index in [1.54, 1.807) is 11.0 Å². The van der Waals surface area contributed by atoms with Crippen molar-refractivity contribution in [3.63, 3.8) is 0 Å². The predicted molar refractivity (Wildman–Crippen MR) is 107 cm³/mol. The van der Waals surface area contributed by atoms with E-state index in [-0.39, 0.29) is 5.91 Å². The summed E-state index contributed by atoms with van der Waals surface area (Å²) < 4.78 is 0. The highest BCUT2D eigenvalue weighted by Crippen LogP contribution is 2.36. The number of aryl methyl sites for hydroxylation is 1. The fourth-order valence-electron chi connectivity index (χ4n) is 4.06. The van der Waals surface area contributed by atoms with E-state index in [0.717, 1.165) is 16.6 Å². The molecule has 0 unspecified atom stereocenters. The van der Waals surface area contributed by atoms with Gasteiger partial charge in [-0.15, -0.1) is 0 Å². The Kier molecular flexibility index (Phi) is 4.59. The van der Waals surface area contributed by atoms with E-state index in [2.05, 4.69) is 4.98 Å². The van der Waals surface area contributed by atoms with Gasteiger partial charge in [-0.3, -0.25) is 14.6 Å². The number of hydrogen-bond acceptors (Lipinski definition) is 3. The molecule has 142 valence electrons. The van der Waals surface area contributed by atoms with Crippen molar-refractivity contribution in [1.82, 2.24) is 9.88 Å². The van der Waals surface area contributed by atoms with Crippen LogP contribution in [0.4, 0.5) is 0 Å². The van der Waals surface area contributed by atoms with Crippen LogP contribution in [-0.4, -0.2) is 40.0 Å². The van der Waals surface area contributed by atoms with Gasteiger partial charge in [-0.05, 0) is 37.5 Å². The first-order valence-corrected chi connectivity index (χ1v) is 9.46. The summed E-state index contributed by atoms with van der Waals surface area (Å²) in [5, 5.41) is 10.9. The predicted octanol–water partition coefficient (Wildman–Crippen LogP) is 3.80. The standard InChI is InChI=1S/C23H22N2O3/c1-16-10-11-17-6-5-9-19(20(17)24-16)21(26)25-14-12-23(13-15-25,22(27)28)18-7-3-2-4-8-18/h2-11H,12-15H2,1H3,(H,27,28). The van der Waals surface area contributed by atoms with Gasteiger partial charge in [0.05, 0.1) is 16.5 Å². The van der Waals surface area contributed by atoms with Crippen molar-refractivity contribution >= 4 is 22.8 Å². The number of fused-ring (bicyclic) bond motifs is 1. The summed E-state index contributed by atoms with van der Waals surface area (Å²) in [5.41, 5.74) is 2.00. The highest BCUT2D eigenvalue weighted by atomic mass is 16.4. The Labute approximate surface area is 163 Å². The first-order valence-electron chi connectivity index (χ1n) is 9.46. The lowest BCUT2D eigenvalue weighted by molar-refractivity contribution is -0.145. The van der Waals surface area contributed by atoms with Crippen molar-refractivity contribution in [2.75, 3.05) is 13.1 Å². The number of aliphatic carboxylic acids is 1. The molecule has 5 heteroatoms. The fraction of sp³-hybridized carbons (Fsp3) is 0.261. The number of hydrogen-bond donors (Lipinski definition) is 1. The van der Waals surface area contributed by atoms with Gasteiger partial charge in [0.25, 0.3) is 5.91 Å². The Balaban J connectivity index is 1.61. The summed E-state index contributed by atoms with van der Waals surface area (Å²) in [6.07, 6.45) is 0.796. The van der Waals surface area contributed by atoms with Crippen LogP contribution in [0.5, 0.6) is 0 Å². The van der Waals surface area contributed by atoms with Crippen molar-refractivity contribution in [1.29, 1.82) is 0 Å². The van der Waals surface area contributed by atoms with Gasteiger partial charge in [-0.2, -0.15) is 0 Å². The van der Waals surface area contributed by atoms with E-state index in [4.69, 9.17) is 0 Å². The third-order valence-electron chi connectivity index (χ3n) is 5.73. The van der Waals surface area contributed by atoms with Crippen LogP contribution in [0.2, 0.25) is 0 Å². The van der Waals surface area contributed by atoms with Crippen LogP contribution in [0.25, 0.3) is 10.9 Å². The molecule has 4 rings (SSSR count). The number of carbonyl (C=O) groups is 2. The number of carboxylic acids is 1. The molecule has 1 N–H and O–H groups in total. The van der Waals surface area contributed by atoms with Crippen molar-refractivity contribution in [3.05, 3.63) is 77.5 Å². The lowest BCUT2D eigenvalue weighted by atomic mass is 9.72. The molecule has 2 aromatic carbocycles. The van der Waals surface area contributed by atoms with Crippen LogP contribution < -0.4 is 0 Å². The largest absolute Gasteiger partial charge is 0.481 e. The molecule has 3 aromatic rings. The fourth-order valence-corrected chi connectivity index (χ4v) is 4.06. The first-order chi connectivity index (χ1) is 13.5. The molecular weight excluding hydrogens is 352 g/mol. The van der Waals surface area contributed by atoms with Gasteiger partial charge in [0.15, 0.2) is 0 Å². The maximum atomic E-state index is 13.2. The van der Waals surface area contributed by atoms with Gasteiger partial charge in [0, 0.05) is 24.2 Å². The molecule has 0 bridgehead atoms. The van der Waals surface area contributed by atoms with Gasteiger partial charge in [0.2, 0.25) is 0 Å². The van der Waals surface area contributed by atoms with E-state index >= 15 is 0 Å². The molecule has 0 atom stereocenters. The molecule has 0 saturated carbocycles. The molecule has 1 saturated heterocycles. The van der Waals surface area contributed by atoms with Crippen LogP contribution in [-0.2, 0) is 10.2 Å². The number of carboxylic acid groups (broad SMARTS) is 1. The molecule has 28 heavy (non-hydrogen) atoms. The van der Waals surface area contributed by atoms with Crippen molar-refractivity contribution < 1.29 is 14.7 Å². The minimum absolute atomic E-state index is 0.0873. The minimum Gasteiger partial charge on any atom is -0.481 e. The van der Waals surface area contributed by atoms with Crippen LogP contribution in [0.1, 0.15) is 34.5 Å². The van der Waals surface area contributed by atoms with Gasteiger partial charge >= 0.3 is 5.97 Å². The lowest BCUT2D eigenvalue weighted by Gasteiger charge is -2.39. The number of rotatable bonds is 3. The van der Waals surface area contributed by atoms with Gasteiger partial charge in [-0.1, -0.05) is 48.5 Å². The molecule has 0 aliphatic carbocycles. The summed E-state index contributed by atoms with van der Waals surface area (Å²) in [7, 11) is 0. The number of piperidine rings is 1. The minimum atomic E-state index is -0.939. The third kappa shape index (κ3) is 3.03. The summed E-state index contributed by atoms with van der Waals surface area (Å²) in [6.45, 7) is 2.72. The molecule has 0 spiro atoms. The van der Waals surface area contributed by atoms with E-state index < -0.39 is 11.4 Å². The zero-order chi connectivity index (χ0) is 19.7. The molecule has 2 heterocycles. The third-order valence-corrected chi connectivity index (χ3v) is 5.73.